The van der Waals surface area contributed by atoms with E-state index in [2.05, 4.69) is 0 Å². The normalized spacial score (nSPS) is 13.1. The van der Waals surface area contributed by atoms with Gasteiger partial charge in [-0.25, -0.2) is 0 Å². The second-order valence-electron chi connectivity index (χ2n) is 2.36. The summed E-state index contributed by atoms with van der Waals surface area (Å²) < 4.78 is 0. The highest BCUT2D eigenvalue weighted by atomic mass is 16.6. The Morgan fingerprint density at radius 1 is 1.67 bits per heavy atom. The zero-order chi connectivity index (χ0) is 7.28. The summed E-state index contributed by atoms with van der Waals surface area (Å²) in [7, 11) is 0. The molecule has 0 saturated carbocycles. The molecule has 54 valence electrons. The van der Waals surface area contributed by atoms with Crippen LogP contribution in [0.3, 0.4) is 0 Å². The van der Waals surface area contributed by atoms with Crippen LogP contribution in [0.5, 0.6) is 0 Å². The highest BCUT2D eigenvalue weighted by Gasteiger charge is 2.02. The van der Waals surface area contributed by atoms with Gasteiger partial charge in [-0.05, 0) is 5.92 Å². The molecule has 0 aromatic heterocycles. The van der Waals surface area contributed by atoms with Gasteiger partial charge in [-0.3, -0.25) is 10.1 Å². The van der Waals surface area contributed by atoms with Crippen LogP contribution in [-0.2, 0) is 0 Å². The van der Waals surface area contributed by atoms with Gasteiger partial charge in [-0.2, -0.15) is 0 Å². The molecule has 0 bridgehead atoms. The molecule has 9 heavy (non-hydrogen) atoms. The van der Waals surface area contributed by atoms with Crippen LogP contribution < -0.4 is 0 Å². The highest BCUT2D eigenvalue weighted by Crippen LogP contribution is 2.04. The molecule has 0 amide bonds. The molecule has 3 nitrogen and oxygen atoms in total. The van der Waals surface area contributed by atoms with Gasteiger partial charge in [-0.1, -0.05) is 20.3 Å². The average molecular weight is 131 g/mol. The molecule has 0 aliphatic heterocycles. The minimum atomic E-state index is -0.258. The number of nitro groups is 1. The summed E-state index contributed by atoms with van der Waals surface area (Å²) in [4.78, 5) is 9.57. The van der Waals surface area contributed by atoms with Gasteiger partial charge in [0.25, 0.3) is 0 Å². The van der Waals surface area contributed by atoms with E-state index in [1.165, 1.54) is 0 Å². The number of hydrogen-bond acceptors (Lipinski definition) is 2. The van der Waals surface area contributed by atoms with Crippen molar-refractivity contribution in [3.8, 4) is 0 Å². The van der Waals surface area contributed by atoms with Crippen LogP contribution in [-0.4, -0.2) is 11.5 Å². The summed E-state index contributed by atoms with van der Waals surface area (Å²) in [6.45, 7) is 4.20. The molecule has 0 unspecified atom stereocenters. The second-order valence-corrected chi connectivity index (χ2v) is 2.36. The summed E-state index contributed by atoms with van der Waals surface area (Å²) >= 11 is 0. The van der Waals surface area contributed by atoms with E-state index < -0.39 is 0 Å². The van der Waals surface area contributed by atoms with Gasteiger partial charge in [0.05, 0.1) is 0 Å². The highest BCUT2D eigenvalue weighted by molar-refractivity contribution is 4.46. The van der Waals surface area contributed by atoms with Gasteiger partial charge in [0, 0.05) is 11.3 Å². The minimum absolute atomic E-state index is 0.120. The average Bonchev–Trinajstić information content (AvgIpc) is 1.83. The smallest absolute Gasteiger partial charge is 0.204 e. The van der Waals surface area contributed by atoms with Crippen molar-refractivity contribution in [3.63, 3.8) is 0 Å². The van der Waals surface area contributed by atoms with Crippen molar-refractivity contribution < 1.29 is 4.92 Å². The first-order chi connectivity index (χ1) is 4.16. The zero-order valence-electron chi connectivity index (χ0n) is 5.96. The van der Waals surface area contributed by atoms with E-state index in [0.29, 0.717) is 12.3 Å². The Labute approximate surface area is 55.2 Å². The summed E-state index contributed by atoms with van der Waals surface area (Å²) in [5.74, 6) is 0.496. The predicted octanol–water partition coefficient (Wildman–Crippen LogP) is 1.70. The van der Waals surface area contributed by atoms with Crippen molar-refractivity contribution in [1.82, 2.24) is 0 Å². The molecule has 0 N–H and O–H groups in total. The van der Waals surface area contributed by atoms with Gasteiger partial charge in [0.2, 0.25) is 6.54 Å². The van der Waals surface area contributed by atoms with Crippen LogP contribution in [0.25, 0.3) is 0 Å². The maximum Gasteiger partial charge on any atom is 0.204 e. The summed E-state index contributed by atoms with van der Waals surface area (Å²) in [5.41, 5.74) is 0. The monoisotopic (exact) mass is 131 g/mol. The lowest BCUT2D eigenvalue weighted by atomic mass is 10.1. The van der Waals surface area contributed by atoms with E-state index in [4.69, 9.17) is 0 Å². The predicted molar refractivity (Wildman–Crippen MR) is 35.9 cm³/mol. The van der Waals surface area contributed by atoms with Crippen molar-refractivity contribution in [2.45, 2.75) is 26.7 Å². The number of rotatable bonds is 4. The molecule has 0 rings (SSSR count). The summed E-state index contributed by atoms with van der Waals surface area (Å²) in [5, 5.41) is 9.83. The SMILES string of the molecule is CC[C@@H](C)CC[N+](=O)[O-]. The maximum atomic E-state index is 9.83. The maximum absolute atomic E-state index is 9.83. The van der Waals surface area contributed by atoms with Crippen molar-refractivity contribution in [1.29, 1.82) is 0 Å². The molecule has 0 aromatic carbocycles. The van der Waals surface area contributed by atoms with Crippen LogP contribution in [0.4, 0.5) is 0 Å². The molecule has 0 fully saturated rings. The molecule has 0 aliphatic carbocycles. The van der Waals surface area contributed by atoms with Crippen molar-refractivity contribution in [2.75, 3.05) is 6.54 Å². The number of nitrogens with zero attached hydrogens (tertiary/aromatic N) is 1. The Bertz CT molecular complexity index is 93.1. The Hall–Kier alpha value is -0.600. The van der Waals surface area contributed by atoms with Gasteiger partial charge in [-0.15, -0.1) is 0 Å². The lowest BCUT2D eigenvalue weighted by Crippen LogP contribution is -2.05. The lowest BCUT2D eigenvalue weighted by Gasteiger charge is -2.01. The van der Waals surface area contributed by atoms with E-state index in [1.54, 1.807) is 0 Å². The second kappa shape index (κ2) is 4.30. The van der Waals surface area contributed by atoms with Gasteiger partial charge >= 0.3 is 0 Å². The van der Waals surface area contributed by atoms with Gasteiger partial charge in [0.15, 0.2) is 0 Å². The largest absolute Gasteiger partial charge is 0.265 e. The number of hydrogen-bond donors (Lipinski definition) is 0. The van der Waals surface area contributed by atoms with Gasteiger partial charge in [0.1, 0.15) is 0 Å². The van der Waals surface area contributed by atoms with Crippen LogP contribution in [0.15, 0.2) is 0 Å². The quantitative estimate of drug-likeness (QED) is 0.430. The van der Waals surface area contributed by atoms with Crippen LogP contribution in [0.1, 0.15) is 26.7 Å². The summed E-state index contributed by atoms with van der Waals surface area (Å²) in [6, 6.07) is 0. The van der Waals surface area contributed by atoms with Crippen molar-refractivity contribution >= 4 is 0 Å². The summed E-state index contributed by atoms with van der Waals surface area (Å²) in [6.07, 6.45) is 1.75. The Balaban J connectivity index is 3.16. The fourth-order valence-corrected chi connectivity index (χ4v) is 0.530. The van der Waals surface area contributed by atoms with Crippen LogP contribution in [0, 0.1) is 16.0 Å². The van der Waals surface area contributed by atoms with Crippen LogP contribution >= 0.6 is 0 Å². The third-order valence-corrected chi connectivity index (χ3v) is 1.50. The molecule has 0 spiro atoms. The van der Waals surface area contributed by atoms with Gasteiger partial charge < -0.3 is 0 Å². The molecule has 0 heterocycles. The molecule has 1 atom stereocenters. The molecular formula is C6H13NO2. The third kappa shape index (κ3) is 5.27. The molecule has 0 aromatic rings. The van der Waals surface area contributed by atoms with E-state index in [-0.39, 0.29) is 11.5 Å². The standard InChI is InChI=1S/C6H13NO2/c1-3-6(2)4-5-7(8)9/h6H,3-5H2,1-2H3/t6-/m1/s1. The topological polar surface area (TPSA) is 43.1 Å². The molecule has 0 aliphatic rings. The first-order valence-corrected chi connectivity index (χ1v) is 3.28. The Morgan fingerprint density at radius 2 is 2.22 bits per heavy atom. The zero-order valence-corrected chi connectivity index (χ0v) is 5.96. The van der Waals surface area contributed by atoms with Crippen molar-refractivity contribution in [3.05, 3.63) is 10.1 Å². The molecule has 3 heteroatoms. The lowest BCUT2D eigenvalue weighted by molar-refractivity contribution is -0.481. The fourth-order valence-electron chi connectivity index (χ4n) is 0.530. The Kier molecular flexibility index (Phi) is 4.01. The minimum Gasteiger partial charge on any atom is -0.265 e. The molecule has 0 saturated heterocycles. The molecule has 0 radical (unpaired) electrons. The van der Waals surface area contributed by atoms with Crippen LogP contribution in [0.2, 0.25) is 0 Å². The van der Waals surface area contributed by atoms with E-state index in [9.17, 15) is 10.1 Å². The fraction of sp³-hybridized carbons (Fsp3) is 1.00. The molecular weight excluding hydrogens is 118 g/mol. The first-order valence-electron chi connectivity index (χ1n) is 3.28. The van der Waals surface area contributed by atoms with Crippen molar-refractivity contribution in [2.24, 2.45) is 5.92 Å². The van der Waals surface area contributed by atoms with E-state index in [1.807, 2.05) is 13.8 Å². The van der Waals surface area contributed by atoms with E-state index in [0.717, 1.165) is 6.42 Å². The Morgan fingerprint density at radius 3 is 2.56 bits per heavy atom. The first kappa shape index (κ1) is 8.40. The van der Waals surface area contributed by atoms with E-state index >= 15 is 0 Å². The third-order valence-electron chi connectivity index (χ3n) is 1.50.